The molecule has 202 valence electrons. The van der Waals surface area contributed by atoms with E-state index in [1.54, 1.807) is 55.3 Å². The number of rotatable bonds is 6. The van der Waals surface area contributed by atoms with Gasteiger partial charge in [0.2, 0.25) is 28.1 Å². The number of hydrogen-bond donors (Lipinski definition) is 2. The van der Waals surface area contributed by atoms with Crippen LogP contribution in [0.15, 0.2) is 56.6 Å². The van der Waals surface area contributed by atoms with Crippen LogP contribution in [0.5, 0.6) is 0 Å². The minimum absolute atomic E-state index is 0.126. The molecular weight excluding hydrogens is 524 g/mol. The molecule has 13 heteroatoms. The third kappa shape index (κ3) is 4.98. The molecule has 1 fully saturated rings. The number of hydrogen-bond acceptors (Lipinski definition) is 8. The van der Waals surface area contributed by atoms with Crippen LogP contribution >= 0.6 is 0 Å². The minimum atomic E-state index is -3.73. The third-order valence-electron chi connectivity index (χ3n) is 6.77. The highest BCUT2D eigenvalue weighted by Gasteiger charge is 2.36. The van der Waals surface area contributed by atoms with Crippen LogP contribution < -0.4 is 16.2 Å². The molecule has 2 aliphatic heterocycles. The van der Waals surface area contributed by atoms with Crippen molar-refractivity contribution in [3.05, 3.63) is 64.2 Å². The average molecular weight is 551 g/mol. The molecule has 1 saturated heterocycles. The van der Waals surface area contributed by atoms with Crippen molar-refractivity contribution in [3.8, 4) is 0 Å². The molecule has 5 rings (SSSR count). The molecule has 3 aromatic rings. The molecule has 0 spiro atoms. The number of nitrogens with one attached hydrogen (secondary N) is 2. The smallest absolute Gasteiger partial charge is 0.262 e. The van der Waals surface area contributed by atoms with Crippen LogP contribution in [-0.4, -0.2) is 56.2 Å². The van der Waals surface area contributed by atoms with Crippen LogP contribution in [0.2, 0.25) is 0 Å². The number of amides is 3. The zero-order valence-corrected chi connectivity index (χ0v) is 22.1. The normalized spacial score (nSPS) is 20.4. The monoisotopic (exact) mass is 550 g/mol. The number of para-hydroxylation sites is 1. The maximum Gasteiger partial charge on any atom is 0.262 e. The summed E-state index contributed by atoms with van der Waals surface area (Å²) in [5, 5.41) is 5.30. The third-order valence-corrected chi connectivity index (χ3v) is 8.10. The van der Waals surface area contributed by atoms with Gasteiger partial charge in [-0.25, -0.2) is 4.98 Å². The Balaban J connectivity index is 1.28. The molecule has 12 nitrogen and oxygen atoms in total. The standard InChI is InChI=1S/C26H26N6O6S/c1-15-27-23-17(26(36)32(15)19-12-13-22(34)29-25(19)35)8-5-9-18(23)28-21(33)11-6-14-31(2)24-16-7-3-4-10-20(16)39(37,38)30-24/h3-5,7-10,19H,6,11-14H2,1-2H3,(H2-,28,29,33,34,35,37,38). The summed E-state index contributed by atoms with van der Waals surface area (Å²) in [6.07, 6.45) is 0.881. The van der Waals surface area contributed by atoms with Crippen molar-refractivity contribution in [2.75, 3.05) is 18.9 Å². The van der Waals surface area contributed by atoms with Crippen LogP contribution in [0.4, 0.5) is 5.69 Å². The van der Waals surface area contributed by atoms with Gasteiger partial charge in [0.1, 0.15) is 17.4 Å². The van der Waals surface area contributed by atoms with Gasteiger partial charge in [0.15, 0.2) is 10.7 Å². The maximum atomic E-state index is 13.3. The van der Waals surface area contributed by atoms with Gasteiger partial charge < -0.3 is 14.8 Å². The van der Waals surface area contributed by atoms with Gasteiger partial charge in [-0.05, 0) is 48.4 Å². The summed E-state index contributed by atoms with van der Waals surface area (Å²) in [4.78, 5) is 56.4. The van der Waals surface area contributed by atoms with Gasteiger partial charge in [-0.3, -0.25) is 29.1 Å². The summed E-state index contributed by atoms with van der Waals surface area (Å²) in [5.41, 5.74) is 0.764. The lowest BCUT2D eigenvalue weighted by atomic mass is 10.1. The quantitative estimate of drug-likeness (QED) is 0.346. The van der Waals surface area contributed by atoms with Crippen molar-refractivity contribution in [2.45, 2.75) is 43.5 Å². The number of carbonyl (C=O) groups is 3. The van der Waals surface area contributed by atoms with E-state index in [2.05, 4.69) is 20.0 Å². The van der Waals surface area contributed by atoms with E-state index in [0.29, 0.717) is 35.6 Å². The molecule has 0 radical (unpaired) electrons. The molecule has 2 atom stereocenters. The predicted octanol–water partition coefficient (Wildman–Crippen LogP) is 1.70. The van der Waals surface area contributed by atoms with Crippen LogP contribution in [0, 0.1) is 6.92 Å². The zero-order chi connectivity index (χ0) is 27.9. The van der Waals surface area contributed by atoms with Crippen molar-refractivity contribution in [2.24, 2.45) is 4.40 Å². The second-order valence-corrected chi connectivity index (χ2v) is 11.0. The lowest BCUT2D eigenvalue weighted by Gasteiger charge is -2.24. The van der Waals surface area contributed by atoms with Crippen molar-refractivity contribution < 1.29 is 23.1 Å². The van der Waals surface area contributed by atoms with Gasteiger partial charge in [-0.15, -0.1) is 0 Å². The molecule has 39 heavy (non-hydrogen) atoms. The summed E-state index contributed by atoms with van der Waals surface area (Å²) in [7, 11) is -2.01. The van der Waals surface area contributed by atoms with E-state index in [9.17, 15) is 27.9 Å². The Morgan fingerprint density at radius 2 is 1.97 bits per heavy atom. The van der Waals surface area contributed by atoms with Crippen molar-refractivity contribution in [1.82, 2.24) is 19.8 Å². The van der Waals surface area contributed by atoms with Crippen LogP contribution in [0.1, 0.15) is 43.1 Å². The lowest BCUT2D eigenvalue weighted by molar-refractivity contribution is -0.135. The van der Waals surface area contributed by atoms with Crippen LogP contribution in [0.25, 0.3) is 10.9 Å². The predicted molar refractivity (Wildman–Crippen MR) is 143 cm³/mol. The molecule has 2 aromatic carbocycles. The average Bonchev–Trinajstić information content (AvgIpc) is 3.17. The van der Waals surface area contributed by atoms with Crippen molar-refractivity contribution >= 4 is 50.5 Å². The molecule has 0 aliphatic carbocycles. The first kappa shape index (κ1) is 26.4. The first-order chi connectivity index (χ1) is 18.6. The number of aryl methyl sites for hydroxylation is 1. The lowest BCUT2D eigenvalue weighted by Crippen LogP contribution is -2.45. The highest BCUT2D eigenvalue weighted by atomic mass is 32.3. The zero-order valence-electron chi connectivity index (χ0n) is 21.3. The van der Waals surface area contributed by atoms with Gasteiger partial charge >= 0.3 is 0 Å². The fourth-order valence-electron chi connectivity index (χ4n) is 4.88. The second-order valence-electron chi connectivity index (χ2n) is 9.46. The summed E-state index contributed by atoms with van der Waals surface area (Å²) >= 11 is 0. The SMILES string of the molecule is Cc1nc2c(NC(=O)CCCN(C)C3=N[S+](=O)([O-])c4ccccc43)cccc2c(=O)n1C1CCC(=O)NC1=O. The maximum absolute atomic E-state index is 13.3. The Hall–Kier alpha value is -4.23. The largest absolute Gasteiger partial charge is 0.586 e. The van der Waals surface area contributed by atoms with Crippen LogP contribution in [-0.2, 0) is 29.0 Å². The highest BCUT2D eigenvalue weighted by Crippen LogP contribution is 2.31. The number of imide groups is 1. The Kier molecular flexibility index (Phi) is 6.87. The topological polar surface area (TPSA) is 166 Å². The van der Waals surface area contributed by atoms with Crippen LogP contribution in [0.3, 0.4) is 0 Å². The Morgan fingerprint density at radius 3 is 2.74 bits per heavy atom. The van der Waals surface area contributed by atoms with E-state index in [0.717, 1.165) is 0 Å². The number of carbonyl (C=O) groups excluding carboxylic acids is 3. The molecule has 2 N–H and O–H groups in total. The van der Waals surface area contributed by atoms with Gasteiger partial charge in [0.25, 0.3) is 5.56 Å². The Bertz CT molecular complexity index is 1660. The van der Waals surface area contributed by atoms with Crippen molar-refractivity contribution in [3.63, 3.8) is 0 Å². The molecule has 1 aromatic heterocycles. The summed E-state index contributed by atoms with van der Waals surface area (Å²) < 4.78 is 29.8. The molecule has 0 saturated carbocycles. The number of benzene rings is 2. The first-order valence-electron chi connectivity index (χ1n) is 12.4. The number of aromatic nitrogens is 2. The Morgan fingerprint density at radius 1 is 1.21 bits per heavy atom. The highest BCUT2D eigenvalue weighted by molar-refractivity contribution is 7.97. The summed E-state index contributed by atoms with van der Waals surface area (Å²) in [6.45, 7) is 1.99. The van der Waals surface area contributed by atoms with Crippen molar-refractivity contribution in [1.29, 1.82) is 0 Å². The molecule has 0 bridgehead atoms. The number of piperidine rings is 1. The van der Waals surface area contributed by atoms with E-state index in [1.165, 1.54) is 10.6 Å². The van der Waals surface area contributed by atoms with E-state index in [1.807, 2.05) is 0 Å². The first-order valence-corrected chi connectivity index (χ1v) is 13.8. The number of sulfonamides is 1. The second kappa shape index (κ2) is 10.2. The molecule has 2 unspecified atom stereocenters. The molecule has 3 amide bonds. The van der Waals surface area contributed by atoms with Gasteiger partial charge in [-0.2, -0.15) is 0 Å². The number of nitrogens with zero attached hydrogens (tertiary/aromatic N) is 4. The fraction of sp³-hybridized carbons (Fsp3) is 0.308. The Labute approximate surface area is 224 Å². The van der Waals surface area contributed by atoms with Gasteiger partial charge in [0.05, 0.1) is 16.6 Å². The molecule has 3 heterocycles. The number of anilines is 1. The fourth-order valence-corrected chi connectivity index (χ4v) is 6.14. The van der Waals surface area contributed by atoms with E-state index in [-0.39, 0.29) is 47.2 Å². The van der Waals surface area contributed by atoms with E-state index >= 15 is 0 Å². The molecular formula is C26H26N6O6S. The van der Waals surface area contributed by atoms with Gasteiger partial charge in [0, 0.05) is 26.4 Å². The van der Waals surface area contributed by atoms with Gasteiger partial charge in [-0.1, -0.05) is 22.4 Å². The summed E-state index contributed by atoms with van der Waals surface area (Å²) in [6, 6.07) is 10.6. The number of amidine groups is 1. The van der Waals surface area contributed by atoms with E-state index < -0.39 is 27.9 Å². The molecule has 2 aliphatic rings. The van der Waals surface area contributed by atoms with E-state index in [4.69, 9.17) is 0 Å². The number of fused-ring (bicyclic) bond motifs is 2. The minimum Gasteiger partial charge on any atom is -0.586 e. The summed E-state index contributed by atoms with van der Waals surface area (Å²) in [5.74, 6) is -0.592.